The van der Waals surface area contributed by atoms with Crippen LogP contribution in [0, 0.1) is 5.92 Å². The molecule has 0 unspecified atom stereocenters. The number of nitrogens with one attached hydrogen (secondary N) is 2. The monoisotopic (exact) mass is 336 g/mol. The summed E-state index contributed by atoms with van der Waals surface area (Å²) in [6, 6.07) is 3.81. The number of aromatic nitrogens is 5. The number of hydrogen-bond acceptors (Lipinski definition) is 4. The Bertz CT molecular complexity index is 883. The fourth-order valence-corrected chi connectivity index (χ4v) is 3.30. The highest BCUT2D eigenvalue weighted by molar-refractivity contribution is 5.94. The molecule has 0 saturated heterocycles. The first-order valence-electron chi connectivity index (χ1n) is 8.49. The molecule has 0 fully saturated rings. The van der Waals surface area contributed by atoms with Gasteiger partial charge in [0.15, 0.2) is 5.69 Å². The van der Waals surface area contributed by atoms with Crippen LogP contribution < -0.4 is 5.32 Å². The van der Waals surface area contributed by atoms with Crippen molar-refractivity contribution in [2.24, 2.45) is 5.92 Å². The predicted molar refractivity (Wildman–Crippen MR) is 92.3 cm³/mol. The lowest BCUT2D eigenvalue weighted by Crippen LogP contribution is -2.26. The van der Waals surface area contributed by atoms with Gasteiger partial charge in [-0.25, -0.2) is 9.97 Å². The number of fused-ring (bicyclic) bond motifs is 1. The van der Waals surface area contributed by atoms with Gasteiger partial charge in [0.2, 0.25) is 0 Å². The standard InChI is InChI=1S/C18H20N6O/c1-12-4-5-15-14(9-12)16(23-22-15)18(25)21-10-13-3-2-6-20-17(13)24-8-7-19-11-24/h2-3,6-8,11-12H,4-5,9-10H2,1H3,(H,21,25)(H,22,23)/t12-/m1/s1. The predicted octanol–water partition coefficient (Wildman–Crippen LogP) is 2.05. The summed E-state index contributed by atoms with van der Waals surface area (Å²) >= 11 is 0. The van der Waals surface area contributed by atoms with E-state index in [1.807, 2.05) is 22.9 Å². The van der Waals surface area contributed by atoms with Gasteiger partial charge in [0.05, 0.1) is 0 Å². The first-order valence-corrected chi connectivity index (χ1v) is 8.49. The Hall–Kier alpha value is -2.96. The fourth-order valence-electron chi connectivity index (χ4n) is 3.30. The number of rotatable bonds is 4. The molecule has 0 bridgehead atoms. The molecule has 1 aliphatic carbocycles. The number of carbonyl (C=O) groups excluding carboxylic acids is 1. The maximum atomic E-state index is 12.6. The van der Waals surface area contributed by atoms with Crippen LogP contribution in [-0.4, -0.2) is 30.6 Å². The molecule has 3 aromatic rings. The topological polar surface area (TPSA) is 88.5 Å². The summed E-state index contributed by atoms with van der Waals surface area (Å²) in [5.41, 5.74) is 3.61. The Morgan fingerprint density at radius 1 is 1.44 bits per heavy atom. The van der Waals surface area contributed by atoms with Crippen molar-refractivity contribution in [1.82, 2.24) is 30.0 Å². The molecule has 0 aliphatic heterocycles. The minimum Gasteiger partial charge on any atom is -0.346 e. The summed E-state index contributed by atoms with van der Waals surface area (Å²) in [7, 11) is 0. The summed E-state index contributed by atoms with van der Waals surface area (Å²) in [4.78, 5) is 21.1. The highest BCUT2D eigenvalue weighted by atomic mass is 16.1. The van der Waals surface area contributed by atoms with Gasteiger partial charge in [0, 0.05) is 42.0 Å². The molecule has 1 amide bonds. The third kappa shape index (κ3) is 3.05. The maximum absolute atomic E-state index is 12.6. The molecule has 2 N–H and O–H groups in total. The van der Waals surface area contributed by atoms with Gasteiger partial charge in [-0.2, -0.15) is 5.10 Å². The highest BCUT2D eigenvalue weighted by Gasteiger charge is 2.24. The van der Waals surface area contributed by atoms with Gasteiger partial charge in [-0.15, -0.1) is 0 Å². The Labute approximate surface area is 145 Å². The molecule has 0 spiro atoms. The minimum atomic E-state index is -0.146. The zero-order chi connectivity index (χ0) is 17.2. The molecule has 25 heavy (non-hydrogen) atoms. The third-order valence-corrected chi connectivity index (χ3v) is 4.66. The molecule has 3 aromatic heterocycles. The van der Waals surface area contributed by atoms with E-state index < -0.39 is 0 Å². The van der Waals surface area contributed by atoms with Crippen molar-refractivity contribution < 1.29 is 4.79 Å². The van der Waals surface area contributed by atoms with Gasteiger partial charge in [-0.1, -0.05) is 13.0 Å². The zero-order valence-electron chi connectivity index (χ0n) is 14.1. The lowest BCUT2D eigenvalue weighted by molar-refractivity contribution is 0.0944. The van der Waals surface area contributed by atoms with Gasteiger partial charge in [0.25, 0.3) is 5.91 Å². The van der Waals surface area contributed by atoms with E-state index in [2.05, 4.69) is 32.4 Å². The Balaban J connectivity index is 1.51. The largest absolute Gasteiger partial charge is 0.346 e. The van der Waals surface area contributed by atoms with Crippen LogP contribution in [0.1, 0.15) is 40.7 Å². The van der Waals surface area contributed by atoms with Gasteiger partial charge < -0.3 is 5.32 Å². The normalized spacial score (nSPS) is 16.4. The van der Waals surface area contributed by atoms with Crippen LogP contribution in [0.2, 0.25) is 0 Å². The summed E-state index contributed by atoms with van der Waals surface area (Å²) < 4.78 is 1.83. The van der Waals surface area contributed by atoms with E-state index in [9.17, 15) is 4.79 Å². The van der Waals surface area contributed by atoms with Crippen molar-refractivity contribution in [3.8, 4) is 5.82 Å². The molecule has 0 aromatic carbocycles. The average Bonchev–Trinajstić information content (AvgIpc) is 3.29. The second-order valence-electron chi connectivity index (χ2n) is 6.52. The van der Waals surface area contributed by atoms with E-state index in [0.717, 1.165) is 41.9 Å². The lowest BCUT2D eigenvalue weighted by atomic mass is 9.87. The second-order valence-corrected chi connectivity index (χ2v) is 6.52. The lowest BCUT2D eigenvalue weighted by Gasteiger charge is -2.18. The van der Waals surface area contributed by atoms with Crippen molar-refractivity contribution in [3.63, 3.8) is 0 Å². The van der Waals surface area contributed by atoms with Crippen LogP contribution in [-0.2, 0) is 19.4 Å². The van der Waals surface area contributed by atoms with E-state index in [4.69, 9.17) is 0 Å². The smallest absolute Gasteiger partial charge is 0.272 e. The molecule has 0 radical (unpaired) electrons. The number of pyridine rings is 1. The fraction of sp³-hybridized carbons (Fsp3) is 0.333. The van der Waals surface area contributed by atoms with Gasteiger partial charge in [-0.3, -0.25) is 14.5 Å². The summed E-state index contributed by atoms with van der Waals surface area (Å²) in [6.45, 7) is 2.60. The molecule has 7 nitrogen and oxygen atoms in total. The highest BCUT2D eigenvalue weighted by Crippen LogP contribution is 2.26. The Morgan fingerprint density at radius 3 is 3.20 bits per heavy atom. The third-order valence-electron chi connectivity index (χ3n) is 4.66. The summed E-state index contributed by atoms with van der Waals surface area (Å²) in [6.07, 6.45) is 9.96. The summed E-state index contributed by atoms with van der Waals surface area (Å²) in [5, 5.41) is 10.2. The first kappa shape index (κ1) is 15.6. The van der Waals surface area contributed by atoms with Crippen molar-refractivity contribution in [2.45, 2.75) is 32.7 Å². The molecule has 3 heterocycles. The minimum absolute atomic E-state index is 0.146. The molecular weight excluding hydrogens is 316 g/mol. The van der Waals surface area contributed by atoms with Crippen molar-refractivity contribution in [1.29, 1.82) is 0 Å². The summed E-state index contributed by atoms with van der Waals surface area (Å²) in [5.74, 6) is 1.20. The molecule has 1 atom stereocenters. The van der Waals surface area contributed by atoms with Crippen LogP contribution in [0.3, 0.4) is 0 Å². The van der Waals surface area contributed by atoms with Crippen LogP contribution in [0.5, 0.6) is 0 Å². The van der Waals surface area contributed by atoms with Crippen LogP contribution in [0.15, 0.2) is 37.1 Å². The van der Waals surface area contributed by atoms with E-state index in [1.54, 1.807) is 18.7 Å². The SMILES string of the molecule is C[C@@H]1CCc2[nH]nc(C(=O)NCc3cccnc3-n3ccnc3)c2C1. The number of aromatic amines is 1. The molecule has 7 heteroatoms. The van der Waals surface area contributed by atoms with Crippen molar-refractivity contribution in [2.75, 3.05) is 0 Å². The molecule has 1 aliphatic rings. The van der Waals surface area contributed by atoms with E-state index in [-0.39, 0.29) is 5.91 Å². The quantitative estimate of drug-likeness (QED) is 0.763. The number of H-pyrrole nitrogens is 1. The van der Waals surface area contributed by atoms with Crippen LogP contribution >= 0.6 is 0 Å². The van der Waals surface area contributed by atoms with Crippen LogP contribution in [0.25, 0.3) is 5.82 Å². The average molecular weight is 336 g/mol. The van der Waals surface area contributed by atoms with Crippen LogP contribution in [0.4, 0.5) is 0 Å². The van der Waals surface area contributed by atoms with E-state index in [0.29, 0.717) is 18.2 Å². The molecule has 0 saturated carbocycles. The molecular formula is C18H20N6O. The molecule has 128 valence electrons. The maximum Gasteiger partial charge on any atom is 0.272 e. The molecule has 4 rings (SSSR count). The van der Waals surface area contributed by atoms with Gasteiger partial charge >= 0.3 is 0 Å². The van der Waals surface area contributed by atoms with E-state index in [1.165, 1.54) is 0 Å². The zero-order valence-corrected chi connectivity index (χ0v) is 14.1. The van der Waals surface area contributed by atoms with Crippen molar-refractivity contribution in [3.05, 3.63) is 59.6 Å². The Kier molecular flexibility index (Phi) is 4.05. The van der Waals surface area contributed by atoms with E-state index >= 15 is 0 Å². The number of carbonyl (C=O) groups is 1. The van der Waals surface area contributed by atoms with Gasteiger partial charge in [-0.05, 0) is 31.2 Å². The second kappa shape index (κ2) is 6.51. The first-order chi connectivity index (χ1) is 12.2. The number of amides is 1. The Morgan fingerprint density at radius 2 is 2.36 bits per heavy atom. The van der Waals surface area contributed by atoms with Crippen molar-refractivity contribution >= 4 is 5.91 Å². The van der Waals surface area contributed by atoms with Gasteiger partial charge in [0.1, 0.15) is 12.1 Å². The number of nitrogens with zero attached hydrogens (tertiary/aromatic N) is 4. The number of hydrogen-bond donors (Lipinski definition) is 2. The number of imidazole rings is 1. The number of aryl methyl sites for hydroxylation is 1.